The van der Waals surface area contributed by atoms with Crippen molar-refractivity contribution in [3.8, 4) is 6.07 Å². The third-order valence-electron chi connectivity index (χ3n) is 4.45. The van der Waals surface area contributed by atoms with Crippen molar-refractivity contribution in [2.75, 3.05) is 11.4 Å². The van der Waals surface area contributed by atoms with E-state index in [4.69, 9.17) is 10.00 Å². The third-order valence-corrected chi connectivity index (χ3v) is 4.45. The van der Waals surface area contributed by atoms with Gasteiger partial charge in [-0.1, -0.05) is 36.4 Å². The molecule has 6 heteroatoms. The smallest absolute Gasteiger partial charge is 0.311 e. The zero-order valence-corrected chi connectivity index (χ0v) is 15.6. The maximum atomic E-state index is 12.8. The molecule has 28 heavy (non-hydrogen) atoms. The quantitative estimate of drug-likeness (QED) is 0.640. The molecule has 0 bridgehead atoms. The van der Waals surface area contributed by atoms with Crippen LogP contribution in [0.2, 0.25) is 0 Å². The summed E-state index contributed by atoms with van der Waals surface area (Å²) >= 11 is 0. The Balaban J connectivity index is 1.67. The Morgan fingerprint density at radius 2 is 1.86 bits per heavy atom. The van der Waals surface area contributed by atoms with Gasteiger partial charge in [-0.2, -0.15) is 5.26 Å². The van der Waals surface area contributed by atoms with E-state index < -0.39 is 12.1 Å². The van der Waals surface area contributed by atoms with E-state index in [2.05, 4.69) is 4.98 Å². The molecule has 0 saturated carbocycles. The van der Waals surface area contributed by atoms with Gasteiger partial charge in [0.05, 0.1) is 18.9 Å². The Morgan fingerprint density at radius 1 is 1.14 bits per heavy atom. The number of fused-ring (bicyclic) bond motifs is 1. The molecule has 3 aromatic rings. The number of aromatic amines is 1. The Kier molecular flexibility index (Phi) is 6.07. The second-order valence-corrected chi connectivity index (χ2v) is 6.40. The number of nitriles is 1. The van der Waals surface area contributed by atoms with E-state index in [1.54, 1.807) is 25.3 Å². The number of carbonyl (C=O) groups is 2. The minimum absolute atomic E-state index is 0.0746. The lowest BCUT2D eigenvalue weighted by atomic mass is 10.1. The van der Waals surface area contributed by atoms with Gasteiger partial charge in [-0.3, -0.25) is 9.59 Å². The van der Waals surface area contributed by atoms with Crippen LogP contribution in [0.15, 0.2) is 60.8 Å². The molecular weight excluding hydrogens is 354 g/mol. The molecule has 0 radical (unpaired) electrons. The number of hydrogen-bond acceptors (Lipinski definition) is 4. The second-order valence-electron chi connectivity index (χ2n) is 6.40. The summed E-state index contributed by atoms with van der Waals surface area (Å²) in [7, 11) is 0. The first kappa shape index (κ1) is 19.2. The number of benzene rings is 2. The Hall–Kier alpha value is -3.59. The van der Waals surface area contributed by atoms with E-state index in [1.165, 1.54) is 4.90 Å². The zero-order valence-electron chi connectivity index (χ0n) is 15.6. The molecule has 142 valence electrons. The van der Waals surface area contributed by atoms with Gasteiger partial charge in [0.1, 0.15) is 0 Å². The number of nitrogens with zero attached hydrogens (tertiary/aromatic N) is 2. The minimum atomic E-state index is -0.948. The van der Waals surface area contributed by atoms with Crippen LogP contribution in [-0.2, 0) is 20.7 Å². The van der Waals surface area contributed by atoms with Crippen LogP contribution in [0.25, 0.3) is 10.9 Å². The number of anilines is 1. The SMILES string of the molecule is C[C@H](OC(=O)Cc1c[nH]c2ccccc12)C(=O)N(CCC#N)c1ccccc1. The lowest BCUT2D eigenvalue weighted by Crippen LogP contribution is -2.40. The summed E-state index contributed by atoms with van der Waals surface area (Å²) in [5.41, 5.74) is 2.44. The maximum absolute atomic E-state index is 12.8. The molecule has 3 rings (SSSR count). The van der Waals surface area contributed by atoms with Gasteiger partial charge in [0.25, 0.3) is 5.91 Å². The first-order valence-corrected chi connectivity index (χ1v) is 9.08. The highest BCUT2D eigenvalue weighted by molar-refractivity contribution is 5.97. The van der Waals surface area contributed by atoms with E-state index >= 15 is 0 Å². The Bertz CT molecular complexity index is 1000. The molecule has 0 fully saturated rings. The standard InChI is InChI=1S/C22H21N3O3/c1-16(22(27)25(13-7-12-23)18-8-3-2-4-9-18)28-21(26)14-17-15-24-20-11-6-5-10-19(17)20/h2-6,8-11,15-16,24H,7,13-14H2,1H3/t16-/m0/s1. The van der Waals surface area contributed by atoms with Crippen LogP contribution in [0.5, 0.6) is 0 Å². The highest BCUT2D eigenvalue weighted by Crippen LogP contribution is 2.19. The van der Waals surface area contributed by atoms with Crippen LogP contribution in [0, 0.1) is 11.3 Å². The molecule has 1 aromatic heterocycles. The van der Waals surface area contributed by atoms with Crippen molar-refractivity contribution in [1.82, 2.24) is 4.98 Å². The van der Waals surface area contributed by atoms with Crippen molar-refractivity contribution in [2.45, 2.75) is 25.9 Å². The molecular formula is C22H21N3O3. The summed E-state index contributed by atoms with van der Waals surface area (Å²) in [5, 5.41) is 9.84. The van der Waals surface area contributed by atoms with E-state index in [0.29, 0.717) is 5.69 Å². The Labute approximate surface area is 163 Å². The normalized spacial score (nSPS) is 11.6. The number of nitrogens with one attached hydrogen (secondary N) is 1. The summed E-state index contributed by atoms with van der Waals surface area (Å²) in [5.74, 6) is -0.826. The molecule has 6 nitrogen and oxygen atoms in total. The van der Waals surface area contributed by atoms with Gasteiger partial charge in [0, 0.05) is 29.3 Å². The number of amides is 1. The molecule has 0 aliphatic rings. The number of ether oxygens (including phenoxy) is 1. The van der Waals surface area contributed by atoms with E-state index in [-0.39, 0.29) is 25.3 Å². The largest absolute Gasteiger partial charge is 0.452 e. The van der Waals surface area contributed by atoms with E-state index in [9.17, 15) is 9.59 Å². The fourth-order valence-corrected chi connectivity index (χ4v) is 3.08. The molecule has 1 atom stereocenters. The maximum Gasteiger partial charge on any atom is 0.311 e. The molecule has 1 amide bonds. The fourth-order valence-electron chi connectivity index (χ4n) is 3.08. The van der Waals surface area contributed by atoms with E-state index in [0.717, 1.165) is 16.5 Å². The molecule has 0 aliphatic carbocycles. The first-order valence-electron chi connectivity index (χ1n) is 9.08. The fraction of sp³-hybridized carbons (Fsp3) is 0.227. The summed E-state index contributed by atoms with van der Waals surface area (Å²) < 4.78 is 5.39. The van der Waals surface area contributed by atoms with Crippen LogP contribution in [0.4, 0.5) is 5.69 Å². The zero-order chi connectivity index (χ0) is 19.9. The number of rotatable bonds is 7. The topological polar surface area (TPSA) is 86.2 Å². The average molecular weight is 375 g/mol. The summed E-state index contributed by atoms with van der Waals surface area (Å²) in [6, 6.07) is 18.8. The minimum Gasteiger partial charge on any atom is -0.452 e. The summed E-state index contributed by atoms with van der Waals surface area (Å²) in [6.07, 6.45) is 1.10. The lowest BCUT2D eigenvalue weighted by Gasteiger charge is -2.25. The number of para-hydroxylation sites is 2. The number of H-pyrrole nitrogens is 1. The van der Waals surface area contributed by atoms with Crippen molar-refractivity contribution >= 4 is 28.5 Å². The van der Waals surface area contributed by atoms with Crippen molar-refractivity contribution < 1.29 is 14.3 Å². The van der Waals surface area contributed by atoms with Crippen molar-refractivity contribution in [1.29, 1.82) is 5.26 Å². The summed E-state index contributed by atoms with van der Waals surface area (Å²) in [6.45, 7) is 1.79. The molecule has 0 saturated heterocycles. The van der Waals surface area contributed by atoms with Crippen LogP contribution < -0.4 is 4.90 Å². The van der Waals surface area contributed by atoms with Gasteiger partial charge in [-0.05, 0) is 30.7 Å². The molecule has 0 aliphatic heterocycles. The predicted octanol–water partition coefficient (Wildman–Crippen LogP) is 3.59. The number of esters is 1. The monoisotopic (exact) mass is 375 g/mol. The van der Waals surface area contributed by atoms with Crippen LogP contribution in [0.1, 0.15) is 18.9 Å². The lowest BCUT2D eigenvalue weighted by molar-refractivity contribution is -0.153. The van der Waals surface area contributed by atoms with Gasteiger partial charge in [0.15, 0.2) is 6.10 Å². The third kappa shape index (κ3) is 4.38. The molecule has 1 N–H and O–H groups in total. The van der Waals surface area contributed by atoms with Gasteiger partial charge in [-0.15, -0.1) is 0 Å². The van der Waals surface area contributed by atoms with Gasteiger partial charge >= 0.3 is 5.97 Å². The molecule has 1 heterocycles. The number of aromatic nitrogens is 1. The molecule has 0 unspecified atom stereocenters. The van der Waals surface area contributed by atoms with Crippen molar-refractivity contribution in [3.63, 3.8) is 0 Å². The van der Waals surface area contributed by atoms with Gasteiger partial charge < -0.3 is 14.6 Å². The average Bonchev–Trinajstić information content (AvgIpc) is 3.11. The number of carbonyl (C=O) groups excluding carboxylic acids is 2. The Morgan fingerprint density at radius 3 is 2.61 bits per heavy atom. The van der Waals surface area contributed by atoms with Crippen molar-refractivity contribution in [2.24, 2.45) is 0 Å². The highest BCUT2D eigenvalue weighted by Gasteiger charge is 2.25. The molecule has 0 spiro atoms. The van der Waals surface area contributed by atoms with E-state index in [1.807, 2.05) is 48.5 Å². The number of hydrogen-bond donors (Lipinski definition) is 1. The van der Waals surface area contributed by atoms with Crippen LogP contribution >= 0.6 is 0 Å². The highest BCUT2D eigenvalue weighted by atomic mass is 16.5. The van der Waals surface area contributed by atoms with Gasteiger partial charge in [-0.25, -0.2) is 0 Å². The summed E-state index contributed by atoms with van der Waals surface area (Å²) in [4.78, 5) is 29.8. The van der Waals surface area contributed by atoms with Crippen molar-refractivity contribution in [3.05, 3.63) is 66.4 Å². The molecule has 2 aromatic carbocycles. The van der Waals surface area contributed by atoms with Crippen LogP contribution in [-0.4, -0.2) is 29.5 Å². The predicted molar refractivity (Wildman–Crippen MR) is 107 cm³/mol. The van der Waals surface area contributed by atoms with Crippen LogP contribution in [0.3, 0.4) is 0 Å². The van der Waals surface area contributed by atoms with Gasteiger partial charge in [0.2, 0.25) is 0 Å². The second kappa shape index (κ2) is 8.87. The first-order chi connectivity index (χ1) is 13.6.